The summed E-state index contributed by atoms with van der Waals surface area (Å²) in [6.07, 6.45) is 5.16. The Hall–Kier alpha value is -5.46. The lowest BCUT2D eigenvalue weighted by Gasteiger charge is -2.23. The van der Waals surface area contributed by atoms with E-state index in [1.54, 1.807) is 30.5 Å². The number of nitrogens with one attached hydrogen (secondary N) is 6. The summed E-state index contributed by atoms with van der Waals surface area (Å²) in [4.78, 5) is 73.2. The van der Waals surface area contributed by atoms with E-state index in [-0.39, 0.29) is 19.3 Å². The van der Waals surface area contributed by atoms with E-state index in [2.05, 4.69) is 36.2 Å². The van der Waals surface area contributed by atoms with E-state index < -0.39 is 54.2 Å². The van der Waals surface area contributed by atoms with E-state index in [0.29, 0.717) is 5.69 Å². The van der Waals surface area contributed by atoms with E-state index in [4.69, 9.17) is 5.73 Å². The third-order valence-corrected chi connectivity index (χ3v) is 6.79. The van der Waals surface area contributed by atoms with Crippen LogP contribution < -0.4 is 27.0 Å². The second-order valence-corrected chi connectivity index (χ2v) is 10.1. The van der Waals surface area contributed by atoms with Crippen molar-refractivity contribution in [1.29, 1.82) is 0 Å². The Kier molecular flexibility index (Phi) is 10.2. The molecule has 0 aliphatic heterocycles. The van der Waals surface area contributed by atoms with Gasteiger partial charge in [-0.2, -0.15) is 0 Å². The molecule has 2 aromatic carbocycles. The summed E-state index contributed by atoms with van der Waals surface area (Å²) in [6, 6.07) is 13.5. The number of H-pyrrole nitrogens is 2. The number of hydrogen-bond acceptors (Lipinski definition) is 6. The molecule has 5 amide bonds. The van der Waals surface area contributed by atoms with Crippen molar-refractivity contribution in [3.63, 3.8) is 0 Å². The smallest absolute Gasteiger partial charge is 0.243 e. The first-order valence-corrected chi connectivity index (χ1v) is 13.7. The van der Waals surface area contributed by atoms with Crippen LogP contribution in [0.5, 0.6) is 0 Å². The molecule has 0 unspecified atom stereocenters. The molecule has 0 fully saturated rings. The average molecular weight is 587 g/mol. The molecule has 0 bridgehead atoms. The molecule has 2 aromatic heterocycles. The highest BCUT2D eigenvalue weighted by atomic mass is 16.2. The minimum absolute atomic E-state index is 0.123. The van der Waals surface area contributed by atoms with E-state index in [1.807, 2.05) is 30.3 Å². The van der Waals surface area contributed by atoms with Crippen molar-refractivity contribution in [2.24, 2.45) is 5.73 Å². The van der Waals surface area contributed by atoms with E-state index >= 15 is 0 Å². The maximum Gasteiger partial charge on any atom is 0.243 e. The van der Waals surface area contributed by atoms with Crippen molar-refractivity contribution in [3.8, 4) is 0 Å². The van der Waals surface area contributed by atoms with Crippen LogP contribution in [-0.2, 0) is 43.2 Å². The van der Waals surface area contributed by atoms with Gasteiger partial charge >= 0.3 is 0 Å². The first kappa shape index (κ1) is 30.5. The molecule has 0 saturated carbocycles. The van der Waals surface area contributed by atoms with Crippen molar-refractivity contribution in [3.05, 3.63) is 90.1 Å². The van der Waals surface area contributed by atoms with Gasteiger partial charge in [0.15, 0.2) is 0 Å². The van der Waals surface area contributed by atoms with E-state index in [9.17, 15) is 24.0 Å². The van der Waals surface area contributed by atoms with Gasteiger partial charge in [-0.1, -0.05) is 48.5 Å². The number of amides is 5. The molecule has 13 nitrogen and oxygen atoms in total. The summed E-state index contributed by atoms with van der Waals surface area (Å²) in [5, 5.41) is 11.3. The summed E-state index contributed by atoms with van der Waals surface area (Å²) in [7, 11) is 0. The monoisotopic (exact) mass is 586 g/mol. The number of fused-ring (bicyclic) bond motifs is 1. The molecule has 0 spiro atoms. The fourth-order valence-electron chi connectivity index (χ4n) is 4.68. The number of aromatic amines is 2. The van der Waals surface area contributed by atoms with Gasteiger partial charge in [0.1, 0.15) is 18.1 Å². The molecule has 224 valence electrons. The molecule has 3 atom stereocenters. The zero-order valence-corrected chi connectivity index (χ0v) is 23.6. The Morgan fingerprint density at radius 3 is 2.23 bits per heavy atom. The van der Waals surface area contributed by atoms with Gasteiger partial charge in [-0.25, -0.2) is 4.98 Å². The Labute approximate surface area is 247 Å². The molecule has 0 aliphatic rings. The highest BCUT2D eigenvalue weighted by Gasteiger charge is 2.28. The molecule has 0 saturated heterocycles. The number of nitrogens with zero attached hydrogens (tertiary/aromatic N) is 1. The number of benzene rings is 2. The standard InChI is InChI=1S/C30H34N8O5/c1-18(39)36-26(13-21-15-32-17-35-21)30(43)38-25(11-19-7-3-2-4-8-19)29(42)34-16-27(40)37-24(28(31)41)12-20-14-33-23-10-6-5-9-22(20)23/h2-10,14-15,17,24-26,33H,11-13,16H2,1H3,(H2,31,41)(H,32,35)(H,34,42)(H,36,39)(H,37,40)(H,38,43)/t24-,25-,26+/m1/s1. The van der Waals surface area contributed by atoms with Crippen LogP contribution in [0.15, 0.2) is 73.3 Å². The van der Waals surface area contributed by atoms with Crippen LogP contribution in [0.1, 0.15) is 23.7 Å². The SMILES string of the molecule is CC(=O)N[C@@H](Cc1cnc[nH]1)C(=O)N[C@H](Cc1ccccc1)C(=O)NCC(=O)N[C@H](Cc1c[nH]c2ccccc12)C(N)=O. The second-order valence-electron chi connectivity index (χ2n) is 10.1. The molecule has 13 heteroatoms. The van der Waals surface area contributed by atoms with Gasteiger partial charge in [0, 0.05) is 55.2 Å². The largest absolute Gasteiger partial charge is 0.368 e. The lowest BCUT2D eigenvalue weighted by molar-refractivity contribution is -0.132. The maximum atomic E-state index is 13.3. The Morgan fingerprint density at radius 2 is 1.53 bits per heavy atom. The highest BCUT2D eigenvalue weighted by Crippen LogP contribution is 2.19. The van der Waals surface area contributed by atoms with Crippen LogP contribution in [0.3, 0.4) is 0 Å². The fourth-order valence-corrected chi connectivity index (χ4v) is 4.68. The average Bonchev–Trinajstić information content (AvgIpc) is 3.65. The third kappa shape index (κ3) is 8.76. The summed E-state index contributed by atoms with van der Waals surface area (Å²) >= 11 is 0. The van der Waals surface area contributed by atoms with Gasteiger partial charge in [-0.05, 0) is 17.2 Å². The zero-order chi connectivity index (χ0) is 30.8. The van der Waals surface area contributed by atoms with E-state index in [0.717, 1.165) is 22.0 Å². The molecule has 8 N–H and O–H groups in total. The topological polar surface area (TPSA) is 204 Å². The quantitative estimate of drug-likeness (QED) is 0.108. The first-order valence-electron chi connectivity index (χ1n) is 13.7. The van der Waals surface area contributed by atoms with Crippen LogP contribution in [0.25, 0.3) is 10.9 Å². The van der Waals surface area contributed by atoms with Gasteiger partial charge < -0.3 is 37.0 Å². The number of carbonyl (C=O) groups is 5. The van der Waals surface area contributed by atoms with Gasteiger partial charge in [-0.3, -0.25) is 24.0 Å². The molecular formula is C30H34N8O5. The lowest BCUT2D eigenvalue weighted by Crippen LogP contribution is -2.56. The van der Waals surface area contributed by atoms with Crippen molar-refractivity contribution >= 4 is 40.4 Å². The van der Waals surface area contributed by atoms with Crippen molar-refractivity contribution in [1.82, 2.24) is 36.2 Å². The number of aromatic nitrogens is 3. The van der Waals surface area contributed by atoms with E-state index in [1.165, 1.54) is 19.4 Å². The number of imidazole rings is 1. The molecular weight excluding hydrogens is 552 g/mol. The number of hydrogen-bond donors (Lipinski definition) is 7. The number of para-hydroxylation sites is 1. The van der Waals surface area contributed by atoms with Crippen LogP contribution in [0, 0.1) is 0 Å². The number of carbonyl (C=O) groups excluding carboxylic acids is 5. The maximum absolute atomic E-state index is 13.3. The second kappa shape index (κ2) is 14.4. The number of primary amides is 1. The number of rotatable bonds is 14. The Balaban J connectivity index is 1.41. The van der Waals surface area contributed by atoms with Crippen LogP contribution >= 0.6 is 0 Å². The first-order chi connectivity index (χ1) is 20.7. The minimum Gasteiger partial charge on any atom is -0.368 e. The molecule has 4 rings (SSSR count). The zero-order valence-electron chi connectivity index (χ0n) is 23.6. The van der Waals surface area contributed by atoms with Crippen LogP contribution in [0.2, 0.25) is 0 Å². The van der Waals surface area contributed by atoms with Crippen molar-refractivity contribution in [2.75, 3.05) is 6.54 Å². The van der Waals surface area contributed by atoms with Gasteiger partial charge in [0.25, 0.3) is 0 Å². The summed E-state index contributed by atoms with van der Waals surface area (Å²) in [5.41, 5.74) is 8.64. The van der Waals surface area contributed by atoms with Gasteiger partial charge in [0.05, 0.1) is 12.9 Å². The molecule has 0 aliphatic carbocycles. The lowest BCUT2D eigenvalue weighted by atomic mass is 10.0. The van der Waals surface area contributed by atoms with Gasteiger partial charge in [-0.15, -0.1) is 0 Å². The molecule has 4 aromatic rings. The minimum atomic E-state index is -1.07. The third-order valence-electron chi connectivity index (χ3n) is 6.79. The predicted molar refractivity (Wildman–Crippen MR) is 158 cm³/mol. The molecule has 2 heterocycles. The summed E-state index contributed by atoms with van der Waals surface area (Å²) < 4.78 is 0. The Bertz CT molecular complexity index is 1570. The number of nitrogens with two attached hydrogens (primary N) is 1. The van der Waals surface area contributed by atoms with Gasteiger partial charge in [0.2, 0.25) is 29.5 Å². The molecule has 0 radical (unpaired) electrons. The summed E-state index contributed by atoms with van der Waals surface area (Å²) in [6.45, 7) is 0.832. The Morgan fingerprint density at radius 1 is 0.814 bits per heavy atom. The van der Waals surface area contributed by atoms with Crippen LogP contribution in [-0.4, -0.2) is 69.2 Å². The predicted octanol–water partition coefficient (Wildman–Crippen LogP) is -0.00530. The fraction of sp³-hybridized carbons (Fsp3) is 0.267. The molecule has 43 heavy (non-hydrogen) atoms. The normalized spacial score (nSPS) is 13.0. The van der Waals surface area contributed by atoms with Crippen LogP contribution in [0.4, 0.5) is 0 Å². The summed E-state index contributed by atoms with van der Waals surface area (Å²) in [5.74, 6) is -2.98. The van der Waals surface area contributed by atoms with Crippen molar-refractivity contribution < 1.29 is 24.0 Å². The highest BCUT2D eigenvalue weighted by molar-refractivity contribution is 5.94. The van der Waals surface area contributed by atoms with Crippen molar-refractivity contribution in [2.45, 2.75) is 44.3 Å².